The Balaban J connectivity index is 2.92. The molecule has 0 aliphatic carbocycles. The molecule has 0 unspecified atom stereocenters. The van der Waals surface area contributed by atoms with Crippen molar-refractivity contribution in [2.75, 3.05) is 0 Å². The molecule has 1 aromatic heterocycles. The molecule has 0 atom stereocenters. The zero-order valence-electron chi connectivity index (χ0n) is 8.53. The Morgan fingerprint density at radius 2 is 2.14 bits per heavy atom. The molecule has 0 radical (unpaired) electrons. The molecule has 14 heavy (non-hydrogen) atoms. The summed E-state index contributed by atoms with van der Waals surface area (Å²) < 4.78 is 1.77. The lowest BCUT2D eigenvalue weighted by molar-refractivity contribution is 0.101. The normalized spacial score (nSPS) is 10.8. The number of benzene rings is 1. The van der Waals surface area contributed by atoms with Crippen LogP contribution < -0.4 is 0 Å². The Bertz CT molecular complexity index is 511. The fourth-order valence-electron chi connectivity index (χ4n) is 1.80. The number of fused-ring (bicyclic) bond motifs is 1. The quantitative estimate of drug-likeness (QED) is 0.642. The lowest BCUT2D eigenvalue weighted by Gasteiger charge is -2.00. The molecule has 2 aromatic rings. The molecule has 72 valence electrons. The van der Waals surface area contributed by atoms with Gasteiger partial charge in [0.25, 0.3) is 0 Å². The number of carbonyl (C=O) groups excluding carboxylic acids is 1. The van der Waals surface area contributed by atoms with Crippen LogP contribution >= 0.6 is 0 Å². The maximum absolute atomic E-state index is 11.4. The van der Waals surface area contributed by atoms with Crippen molar-refractivity contribution in [1.29, 1.82) is 0 Å². The molecule has 0 aliphatic rings. The largest absolute Gasteiger partial charge is 0.294 e. The molecule has 1 aromatic carbocycles. The van der Waals surface area contributed by atoms with Crippen LogP contribution in [-0.4, -0.2) is 15.6 Å². The third kappa shape index (κ3) is 1.13. The van der Waals surface area contributed by atoms with E-state index >= 15 is 0 Å². The Hall–Kier alpha value is -1.64. The van der Waals surface area contributed by atoms with Gasteiger partial charge < -0.3 is 0 Å². The summed E-state index contributed by atoms with van der Waals surface area (Å²) in [7, 11) is 1.86. The van der Waals surface area contributed by atoms with E-state index in [-0.39, 0.29) is 5.78 Å². The van der Waals surface area contributed by atoms with Crippen molar-refractivity contribution < 1.29 is 4.79 Å². The van der Waals surface area contributed by atoms with Crippen molar-refractivity contribution in [3.8, 4) is 0 Å². The van der Waals surface area contributed by atoms with Gasteiger partial charge in [0.2, 0.25) is 0 Å². The number of rotatable bonds is 1. The summed E-state index contributed by atoms with van der Waals surface area (Å²) >= 11 is 0. The number of hydrogen-bond acceptors (Lipinski definition) is 2. The van der Waals surface area contributed by atoms with Gasteiger partial charge in [-0.15, -0.1) is 0 Å². The molecule has 1 heterocycles. The van der Waals surface area contributed by atoms with Crippen LogP contribution in [0.5, 0.6) is 0 Å². The van der Waals surface area contributed by atoms with Gasteiger partial charge in [0.15, 0.2) is 5.78 Å². The lowest BCUT2D eigenvalue weighted by atomic mass is 10.1. The van der Waals surface area contributed by atoms with E-state index in [1.54, 1.807) is 11.6 Å². The molecular formula is C11H12N2O. The second kappa shape index (κ2) is 2.94. The highest BCUT2D eigenvalue weighted by Gasteiger charge is 2.11. The molecule has 0 bridgehead atoms. The van der Waals surface area contributed by atoms with Crippen molar-refractivity contribution in [1.82, 2.24) is 9.78 Å². The molecular weight excluding hydrogens is 176 g/mol. The van der Waals surface area contributed by atoms with Crippen molar-refractivity contribution in [2.24, 2.45) is 7.05 Å². The predicted molar refractivity (Wildman–Crippen MR) is 55.5 cm³/mol. The molecule has 0 saturated heterocycles. The van der Waals surface area contributed by atoms with Crippen molar-refractivity contribution >= 4 is 16.7 Å². The number of aromatic nitrogens is 2. The topological polar surface area (TPSA) is 34.9 Å². The van der Waals surface area contributed by atoms with Crippen LogP contribution in [0.25, 0.3) is 10.9 Å². The maximum Gasteiger partial charge on any atom is 0.161 e. The van der Waals surface area contributed by atoms with Gasteiger partial charge in [-0.05, 0) is 19.9 Å². The van der Waals surface area contributed by atoms with E-state index in [9.17, 15) is 4.79 Å². The summed E-state index contributed by atoms with van der Waals surface area (Å²) in [6.45, 7) is 3.53. The fraction of sp³-hybridized carbons (Fsp3) is 0.273. The first kappa shape index (κ1) is 8.94. The van der Waals surface area contributed by atoms with E-state index in [4.69, 9.17) is 0 Å². The SMILES string of the molecule is CC(=O)c1cccc2c(C)nn(C)c12. The Labute approximate surface area is 82.3 Å². The van der Waals surface area contributed by atoms with Gasteiger partial charge in [0, 0.05) is 18.0 Å². The smallest absolute Gasteiger partial charge is 0.161 e. The van der Waals surface area contributed by atoms with Crippen molar-refractivity contribution in [2.45, 2.75) is 13.8 Å². The Morgan fingerprint density at radius 1 is 1.43 bits per heavy atom. The van der Waals surface area contributed by atoms with Gasteiger partial charge in [0.05, 0.1) is 11.2 Å². The number of nitrogens with zero attached hydrogens (tertiary/aromatic N) is 2. The first-order valence-electron chi connectivity index (χ1n) is 4.54. The molecule has 3 nitrogen and oxygen atoms in total. The van der Waals surface area contributed by atoms with E-state index in [2.05, 4.69) is 5.10 Å². The van der Waals surface area contributed by atoms with Crippen molar-refractivity contribution in [3.63, 3.8) is 0 Å². The average molecular weight is 188 g/mol. The molecule has 0 N–H and O–H groups in total. The van der Waals surface area contributed by atoms with Crippen LogP contribution in [0.4, 0.5) is 0 Å². The number of ketones is 1. The standard InChI is InChI=1S/C11H12N2O/c1-7-9-5-4-6-10(8(2)14)11(9)13(3)12-7/h4-6H,1-3H3. The van der Waals surface area contributed by atoms with Gasteiger partial charge >= 0.3 is 0 Å². The number of para-hydroxylation sites is 1. The third-order valence-electron chi connectivity index (χ3n) is 2.43. The fourth-order valence-corrected chi connectivity index (χ4v) is 1.80. The number of hydrogen-bond donors (Lipinski definition) is 0. The van der Waals surface area contributed by atoms with Crippen LogP contribution in [0.15, 0.2) is 18.2 Å². The lowest BCUT2D eigenvalue weighted by Crippen LogP contribution is -1.98. The van der Waals surface area contributed by atoms with E-state index in [1.165, 1.54) is 0 Å². The van der Waals surface area contributed by atoms with Gasteiger partial charge in [-0.1, -0.05) is 12.1 Å². The van der Waals surface area contributed by atoms with E-state index in [1.807, 2.05) is 32.2 Å². The molecule has 0 saturated carbocycles. The van der Waals surface area contributed by atoms with Crippen LogP contribution in [0.2, 0.25) is 0 Å². The highest BCUT2D eigenvalue weighted by molar-refractivity contribution is 6.06. The first-order chi connectivity index (χ1) is 6.61. The van der Waals surface area contributed by atoms with Gasteiger partial charge in [-0.2, -0.15) is 5.10 Å². The molecule has 2 rings (SSSR count). The molecule has 3 heteroatoms. The summed E-state index contributed by atoms with van der Waals surface area (Å²) in [4.78, 5) is 11.4. The summed E-state index contributed by atoms with van der Waals surface area (Å²) in [6, 6.07) is 5.73. The minimum Gasteiger partial charge on any atom is -0.294 e. The first-order valence-corrected chi connectivity index (χ1v) is 4.54. The number of aryl methyl sites for hydroxylation is 2. The average Bonchev–Trinajstić information content (AvgIpc) is 2.43. The van der Waals surface area contributed by atoms with Gasteiger partial charge in [-0.25, -0.2) is 0 Å². The summed E-state index contributed by atoms with van der Waals surface area (Å²) in [5.41, 5.74) is 2.63. The number of carbonyl (C=O) groups is 1. The van der Waals surface area contributed by atoms with Crippen LogP contribution in [0.1, 0.15) is 23.0 Å². The maximum atomic E-state index is 11.4. The minimum atomic E-state index is 0.0820. The van der Waals surface area contributed by atoms with E-state index in [0.29, 0.717) is 0 Å². The van der Waals surface area contributed by atoms with Gasteiger partial charge in [-0.3, -0.25) is 9.48 Å². The zero-order valence-corrected chi connectivity index (χ0v) is 8.53. The molecule has 0 spiro atoms. The van der Waals surface area contributed by atoms with Crippen LogP contribution in [0, 0.1) is 6.92 Å². The molecule has 0 aliphatic heterocycles. The Kier molecular flexibility index (Phi) is 1.88. The summed E-state index contributed by atoms with van der Waals surface area (Å²) in [5, 5.41) is 5.35. The Morgan fingerprint density at radius 3 is 2.79 bits per heavy atom. The van der Waals surface area contributed by atoms with E-state index < -0.39 is 0 Å². The third-order valence-corrected chi connectivity index (χ3v) is 2.43. The minimum absolute atomic E-state index is 0.0820. The zero-order chi connectivity index (χ0) is 10.3. The predicted octanol–water partition coefficient (Wildman–Crippen LogP) is 2.08. The monoisotopic (exact) mass is 188 g/mol. The van der Waals surface area contributed by atoms with E-state index in [0.717, 1.165) is 22.2 Å². The highest BCUT2D eigenvalue weighted by atomic mass is 16.1. The number of Topliss-reactive ketones (excluding diaryl/α,β-unsaturated/α-hetero) is 1. The molecule has 0 fully saturated rings. The summed E-state index contributed by atoms with van der Waals surface area (Å²) in [6.07, 6.45) is 0. The van der Waals surface area contributed by atoms with Crippen LogP contribution in [-0.2, 0) is 7.05 Å². The second-order valence-corrected chi connectivity index (χ2v) is 3.47. The second-order valence-electron chi connectivity index (χ2n) is 3.47. The van der Waals surface area contributed by atoms with Crippen molar-refractivity contribution in [3.05, 3.63) is 29.5 Å². The van der Waals surface area contributed by atoms with Crippen LogP contribution in [0.3, 0.4) is 0 Å². The molecule has 0 amide bonds. The summed E-state index contributed by atoms with van der Waals surface area (Å²) in [5.74, 6) is 0.0820. The van der Waals surface area contributed by atoms with Gasteiger partial charge in [0.1, 0.15) is 0 Å². The highest BCUT2D eigenvalue weighted by Crippen LogP contribution is 2.21.